The van der Waals surface area contributed by atoms with Crippen LogP contribution in [0.2, 0.25) is 0 Å². The van der Waals surface area contributed by atoms with Gasteiger partial charge in [-0.05, 0) is 36.8 Å². The van der Waals surface area contributed by atoms with E-state index in [1.165, 1.54) is 29.8 Å². The Morgan fingerprint density at radius 3 is 3.05 bits per heavy atom. The van der Waals surface area contributed by atoms with E-state index in [4.69, 9.17) is 0 Å². The first-order chi connectivity index (χ1) is 10.3. The van der Waals surface area contributed by atoms with Gasteiger partial charge >= 0.3 is 0 Å². The van der Waals surface area contributed by atoms with Crippen molar-refractivity contribution in [1.82, 2.24) is 5.32 Å². The van der Waals surface area contributed by atoms with Crippen molar-refractivity contribution in [3.05, 3.63) is 29.8 Å². The Morgan fingerprint density at radius 2 is 2.19 bits per heavy atom. The summed E-state index contributed by atoms with van der Waals surface area (Å²) < 4.78 is 0. The molecule has 2 unspecified atom stereocenters. The van der Waals surface area contributed by atoms with E-state index in [1.54, 1.807) is 0 Å². The lowest BCUT2D eigenvalue weighted by molar-refractivity contribution is -0.125. The maximum absolute atomic E-state index is 12.6. The van der Waals surface area contributed by atoms with Crippen LogP contribution in [0.15, 0.2) is 24.3 Å². The molecular weight excluding hydrogens is 280 g/mol. The number of thioether (sulfide) groups is 1. The molecule has 1 saturated carbocycles. The van der Waals surface area contributed by atoms with Crippen LogP contribution in [0.25, 0.3) is 0 Å². The van der Waals surface area contributed by atoms with Crippen LogP contribution in [0.3, 0.4) is 0 Å². The van der Waals surface area contributed by atoms with Gasteiger partial charge in [-0.1, -0.05) is 18.2 Å². The van der Waals surface area contributed by atoms with Crippen LogP contribution in [0.1, 0.15) is 18.4 Å². The second kappa shape index (κ2) is 5.56. The van der Waals surface area contributed by atoms with Crippen molar-refractivity contribution in [3.8, 4) is 0 Å². The predicted octanol–water partition coefficient (Wildman–Crippen LogP) is 2.31. The molecule has 0 radical (unpaired) electrons. The molecule has 1 saturated heterocycles. The number of nitrogens with one attached hydrogen (secondary N) is 1. The Hall–Kier alpha value is -1.16. The standard InChI is InChI=1S/C17H22N2OS/c20-17(18-10-12-5-6-12)14-9-13-3-1-2-4-15(13)19-7-8-21-11-16(14)19/h1-4,12,14,16H,5-11H2,(H,18,20). The molecule has 2 aliphatic heterocycles. The van der Waals surface area contributed by atoms with E-state index in [-0.39, 0.29) is 11.8 Å². The average molecular weight is 302 g/mol. The van der Waals surface area contributed by atoms with Crippen LogP contribution in [0.4, 0.5) is 5.69 Å². The zero-order valence-corrected chi connectivity index (χ0v) is 13.1. The lowest BCUT2D eigenvalue weighted by atomic mass is 9.85. The van der Waals surface area contributed by atoms with Gasteiger partial charge in [0.1, 0.15) is 0 Å². The topological polar surface area (TPSA) is 32.3 Å². The molecule has 0 aromatic heterocycles. The van der Waals surface area contributed by atoms with Crippen molar-refractivity contribution < 1.29 is 4.79 Å². The van der Waals surface area contributed by atoms with E-state index in [0.29, 0.717) is 6.04 Å². The van der Waals surface area contributed by atoms with Gasteiger partial charge in [-0.25, -0.2) is 0 Å². The fourth-order valence-electron chi connectivity index (χ4n) is 3.56. The monoisotopic (exact) mass is 302 g/mol. The van der Waals surface area contributed by atoms with Gasteiger partial charge in [0.2, 0.25) is 5.91 Å². The second-order valence-electron chi connectivity index (χ2n) is 6.46. The highest BCUT2D eigenvalue weighted by Crippen LogP contribution is 2.37. The van der Waals surface area contributed by atoms with Crippen LogP contribution in [0, 0.1) is 11.8 Å². The van der Waals surface area contributed by atoms with Crippen molar-refractivity contribution in [2.45, 2.75) is 25.3 Å². The molecule has 2 atom stereocenters. The Morgan fingerprint density at radius 1 is 1.33 bits per heavy atom. The van der Waals surface area contributed by atoms with Gasteiger partial charge < -0.3 is 10.2 Å². The van der Waals surface area contributed by atoms with E-state index in [2.05, 4.69) is 34.5 Å². The lowest BCUT2D eigenvalue weighted by Crippen LogP contribution is -2.55. The summed E-state index contributed by atoms with van der Waals surface area (Å²) in [5, 5.41) is 3.20. The predicted molar refractivity (Wildman–Crippen MR) is 87.8 cm³/mol. The number of anilines is 1. The largest absolute Gasteiger partial charge is 0.366 e. The quantitative estimate of drug-likeness (QED) is 0.930. The van der Waals surface area contributed by atoms with Crippen molar-refractivity contribution in [2.24, 2.45) is 11.8 Å². The van der Waals surface area contributed by atoms with Crippen LogP contribution >= 0.6 is 11.8 Å². The fraction of sp³-hybridized carbons (Fsp3) is 0.588. The molecule has 2 fully saturated rings. The molecule has 1 aliphatic carbocycles. The lowest BCUT2D eigenvalue weighted by Gasteiger charge is -2.45. The number of fused-ring (bicyclic) bond motifs is 3. The Kier molecular flexibility index (Phi) is 3.57. The number of carbonyl (C=O) groups excluding carboxylic acids is 1. The first kappa shape index (κ1) is 13.5. The molecular formula is C17H22N2OS. The summed E-state index contributed by atoms with van der Waals surface area (Å²) in [6.07, 6.45) is 3.48. The molecule has 4 rings (SSSR count). The minimum absolute atomic E-state index is 0.117. The highest BCUT2D eigenvalue weighted by molar-refractivity contribution is 7.99. The number of nitrogens with zero attached hydrogens (tertiary/aromatic N) is 1. The van der Waals surface area contributed by atoms with Crippen molar-refractivity contribution in [2.75, 3.05) is 29.5 Å². The highest BCUT2D eigenvalue weighted by atomic mass is 32.2. The number of para-hydroxylation sites is 1. The Balaban J connectivity index is 1.57. The highest BCUT2D eigenvalue weighted by Gasteiger charge is 2.39. The number of rotatable bonds is 3. The summed E-state index contributed by atoms with van der Waals surface area (Å²) in [6, 6.07) is 8.99. The van der Waals surface area contributed by atoms with Crippen LogP contribution < -0.4 is 10.2 Å². The zero-order chi connectivity index (χ0) is 14.2. The van der Waals surface area contributed by atoms with Crippen molar-refractivity contribution in [3.63, 3.8) is 0 Å². The second-order valence-corrected chi connectivity index (χ2v) is 7.61. The number of hydrogen-bond acceptors (Lipinski definition) is 3. The summed E-state index contributed by atoms with van der Waals surface area (Å²) in [6.45, 7) is 1.95. The number of carbonyl (C=O) groups is 1. The molecule has 2 heterocycles. The van der Waals surface area contributed by atoms with Gasteiger partial charge in [-0.2, -0.15) is 11.8 Å². The summed E-state index contributed by atoms with van der Waals surface area (Å²) in [5.41, 5.74) is 2.70. The fourth-order valence-corrected chi connectivity index (χ4v) is 4.70. The van der Waals surface area contributed by atoms with Gasteiger partial charge in [0, 0.05) is 36.3 Å². The number of benzene rings is 1. The summed E-state index contributed by atoms with van der Waals surface area (Å²) >= 11 is 1.99. The van der Waals surface area contributed by atoms with Gasteiger partial charge in [0.15, 0.2) is 0 Å². The normalized spacial score (nSPS) is 27.7. The molecule has 1 N–H and O–H groups in total. The average Bonchev–Trinajstić information content (AvgIpc) is 3.36. The summed E-state index contributed by atoms with van der Waals surface area (Å²) in [4.78, 5) is 15.1. The Bertz CT molecular complexity index is 543. The van der Waals surface area contributed by atoms with Crippen LogP contribution in [-0.4, -0.2) is 36.5 Å². The molecule has 0 bridgehead atoms. The minimum Gasteiger partial charge on any atom is -0.366 e. The smallest absolute Gasteiger partial charge is 0.225 e. The molecule has 1 amide bonds. The molecule has 112 valence electrons. The third-order valence-electron chi connectivity index (χ3n) is 4.97. The SMILES string of the molecule is O=C(NCC1CC1)C1Cc2ccccc2N2CCSCC12. The molecule has 3 nitrogen and oxygen atoms in total. The molecule has 21 heavy (non-hydrogen) atoms. The zero-order valence-electron chi connectivity index (χ0n) is 12.3. The van der Waals surface area contributed by atoms with E-state index in [0.717, 1.165) is 31.2 Å². The van der Waals surface area contributed by atoms with Gasteiger partial charge in [0.05, 0.1) is 5.92 Å². The first-order valence-electron chi connectivity index (χ1n) is 8.03. The number of hydrogen-bond donors (Lipinski definition) is 1. The van der Waals surface area contributed by atoms with E-state index in [9.17, 15) is 4.79 Å². The van der Waals surface area contributed by atoms with E-state index < -0.39 is 0 Å². The first-order valence-corrected chi connectivity index (χ1v) is 9.18. The van der Waals surface area contributed by atoms with E-state index in [1.807, 2.05) is 11.8 Å². The van der Waals surface area contributed by atoms with Crippen molar-refractivity contribution in [1.29, 1.82) is 0 Å². The number of amides is 1. The summed E-state index contributed by atoms with van der Waals surface area (Å²) in [5.74, 6) is 3.39. The Labute approximate surface area is 130 Å². The van der Waals surface area contributed by atoms with Gasteiger partial charge in [-0.15, -0.1) is 0 Å². The maximum Gasteiger partial charge on any atom is 0.225 e. The van der Waals surface area contributed by atoms with Crippen molar-refractivity contribution >= 4 is 23.4 Å². The molecule has 3 aliphatic rings. The minimum atomic E-state index is 0.117. The van der Waals surface area contributed by atoms with Gasteiger partial charge in [-0.3, -0.25) is 4.79 Å². The molecule has 4 heteroatoms. The molecule has 1 aromatic rings. The van der Waals surface area contributed by atoms with E-state index >= 15 is 0 Å². The van der Waals surface area contributed by atoms with Gasteiger partial charge in [0.25, 0.3) is 0 Å². The summed E-state index contributed by atoms with van der Waals surface area (Å²) in [7, 11) is 0. The maximum atomic E-state index is 12.6. The third kappa shape index (κ3) is 2.66. The molecule has 1 aromatic carbocycles. The third-order valence-corrected chi connectivity index (χ3v) is 6.02. The van der Waals surface area contributed by atoms with Crippen LogP contribution in [0.5, 0.6) is 0 Å². The molecule has 0 spiro atoms. The van der Waals surface area contributed by atoms with Crippen LogP contribution in [-0.2, 0) is 11.2 Å².